The lowest BCUT2D eigenvalue weighted by Gasteiger charge is -2.11. The van der Waals surface area contributed by atoms with Gasteiger partial charge in [0, 0.05) is 23.9 Å². The smallest absolute Gasteiger partial charge is 0.139 e. The minimum Gasteiger partial charge on any atom is -0.508 e. The molecule has 0 radical (unpaired) electrons. The number of halogens is 1. The minimum absolute atomic E-state index is 0.222. The van der Waals surface area contributed by atoms with E-state index < -0.39 is 0 Å². The number of phenols is 1. The van der Waals surface area contributed by atoms with Crippen LogP contribution < -0.4 is 14.8 Å². The van der Waals surface area contributed by atoms with Crippen LogP contribution in [0.3, 0.4) is 0 Å². The first-order valence-electron chi connectivity index (χ1n) is 6.07. The summed E-state index contributed by atoms with van der Waals surface area (Å²) in [6, 6.07) is 10.5. The second-order valence-corrected chi connectivity index (χ2v) is 4.60. The van der Waals surface area contributed by atoms with Crippen molar-refractivity contribution < 1.29 is 14.6 Å². The summed E-state index contributed by atoms with van der Waals surface area (Å²) in [7, 11) is 3.16. The van der Waals surface area contributed by atoms with Crippen molar-refractivity contribution in [3.05, 3.63) is 47.0 Å². The van der Waals surface area contributed by atoms with Crippen LogP contribution in [0.4, 0.5) is 5.69 Å². The van der Waals surface area contributed by atoms with Crippen LogP contribution in [0.1, 0.15) is 5.56 Å². The predicted molar refractivity (Wildman–Crippen MR) is 80.0 cm³/mol. The molecule has 0 saturated heterocycles. The lowest BCUT2D eigenvalue weighted by Crippen LogP contribution is -2.00. The number of benzene rings is 2. The zero-order chi connectivity index (χ0) is 14.5. The highest BCUT2D eigenvalue weighted by molar-refractivity contribution is 6.32. The van der Waals surface area contributed by atoms with Crippen molar-refractivity contribution in [2.75, 3.05) is 19.5 Å². The zero-order valence-electron chi connectivity index (χ0n) is 11.3. The molecule has 0 fully saturated rings. The van der Waals surface area contributed by atoms with Crippen LogP contribution in [0.5, 0.6) is 17.2 Å². The van der Waals surface area contributed by atoms with E-state index in [-0.39, 0.29) is 5.75 Å². The van der Waals surface area contributed by atoms with Gasteiger partial charge >= 0.3 is 0 Å². The van der Waals surface area contributed by atoms with Gasteiger partial charge in [0.2, 0.25) is 0 Å². The van der Waals surface area contributed by atoms with Crippen LogP contribution in [0, 0.1) is 0 Å². The van der Waals surface area contributed by atoms with Crippen LogP contribution >= 0.6 is 11.6 Å². The van der Waals surface area contributed by atoms with E-state index in [2.05, 4.69) is 5.32 Å². The Bertz CT molecular complexity index is 602. The normalized spacial score (nSPS) is 10.2. The van der Waals surface area contributed by atoms with E-state index >= 15 is 0 Å². The van der Waals surface area contributed by atoms with E-state index in [1.54, 1.807) is 44.6 Å². The first kappa shape index (κ1) is 14.3. The van der Waals surface area contributed by atoms with Crippen LogP contribution in [-0.4, -0.2) is 19.3 Å². The lowest BCUT2D eigenvalue weighted by atomic mass is 10.2. The van der Waals surface area contributed by atoms with E-state index in [1.165, 1.54) is 0 Å². The molecular formula is C15H16ClNO3. The average molecular weight is 294 g/mol. The Balaban J connectivity index is 2.12. The van der Waals surface area contributed by atoms with E-state index in [9.17, 15) is 5.11 Å². The van der Waals surface area contributed by atoms with Crippen molar-refractivity contribution in [2.45, 2.75) is 6.54 Å². The summed E-state index contributed by atoms with van der Waals surface area (Å²) >= 11 is 5.97. The number of anilines is 1. The first-order chi connectivity index (χ1) is 9.63. The van der Waals surface area contributed by atoms with Crippen LogP contribution in [-0.2, 0) is 6.54 Å². The van der Waals surface area contributed by atoms with E-state index in [0.717, 1.165) is 11.3 Å². The van der Waals surface area contributed by atoms with Gasteiger partial charge in [-0.05, 0) is 30.3 Å². The molecular weight excluding hydrogens is 278 g/mol. The fourth-order valence-corrected chi connectivity index (χ4v) is 1.99. The molecule has 2 N–H and O–H groups in total. The summed E-state index contributed by atoms with van der Waals surface area (Å²) < 4.78 is 10.3. The van der Waals surface area contributed by atoms with E-state index in [1.807, 2.05) is 6.07 Å². The summed E-state index contributed by atoms with van der Waals surface area (Å²) in [5.74, 6) is 1.53. The van der Waals surface area contributed by atoms with Crippen LogP contribution in [0.15, 0.2) is 36.4 Å². The molecule has 2 aromatic rings. The molecule has 0 aliphatic rings. The Morgan fingerprint density at radius 2 is 1.90 bits per heavy atom. The number of phenolic OH excluding ortho intramolecular Hbond substituents is 1. The summed E-state index contributed by atoms with van der Waals surface area (Å²) in [5, 5.41) is 13.6. The lowest BCUT2D eigenvalue weighted by molar-refractivity contribution is 0.411. The molecule has 0 aliphatic carbocycles. The molecule has 0 saturated carbocycles. The SMILES string of the molecule is COc1ccc(O)c(CNc2ccc(Cl)c(OC)c2)c1. The van der Waals surface area contributed by atoms with Crippen LogP contribution in [0.2, 0.25) is 5.02 Å². The molecule has 4 nitrogen and oxygen atoms in total. The fourth-order valence-electron chi connectivity index (χ4n) is 1.80. The van der Waals surface area contributed by atoms with Crippen molar-refractivity contribution >= 4 is 17.3 Å². The number of rotatable bonds is 5. The molecule has 20 heavy (non-hydrogen) atoms. The largest absolute Gasteiger partial charge is 0.508 e. The van der Waals surface area contributed by atoms with E-state index in [0.29, 0.717) is 23.1 Å². The third-order valence-corrected chi connectivity index (χ3v) is 3.23. The second kappa shape index (κ2) is 6.39. The highest BCUT2D eigenvalue weighted by Crippen LogP contribution is 2.28. The highest BCUT2D eigenvalue weighted by Gasteiger charge is 2.05. The number of nitrogens with one attached hydrogen (secondary N) is 1. The van der Waals surface area contributed by atoms with E-state index in [4.69, 9.17) is 21.1 Å². The standard InChI is InChI=1S/C15H16ClNO3/c1-19-12-4-6-14(18)10(7-12)9-17-11-3-5-13(16)15(8-11)20-2/h3-8,17-18H,9H2,1-2H3. The third-order valence-electron chi connectivity index (χ3n) is 2.92. The molecule has 0 atom stereocenters. The van der Waals surface area contributed by atoms with Gasteiger partial charge in [-0.1, -0.05) is 11.6 Å². The van der Waals surface area contributed by atoms with Crippen molar-refractivity contribution in [3.63, 3.8) is 0 Å². The quantitative estimate of drug-likeness (QED) is 0.883. The average Bonchev–Trinajstić information content (AvgIpc) is 2.47. The van der Waals surface area contributed by atoms with Gasteiger partial charge in [0.05, 0.1) is 19.2 Å². The van der Waals surface area contributed by atoms with Gasteiger partial charge < -0.3 is 19.9 Å². The maximum Gasteiger partial charge on any atom is 0.139 e. The first-order valence-corrected chi connectivity index (χ1v) is 6.45. The monoisotopic (exact) mass is 293 g/mol. The van der Waals surface area contributed by atoms with Crippen molar-refractivity contribution in [2.24, 2.45) is 0 Å². The van der Waals surface area contributed by atoms with Gasteiger partial charge in [0.25, 0.3) is 0 Å². The predicted octanol–water partition coefficient (Wildman–Crippen LogP) is 3.67. The number of ether oxygens (including phenoxy) is 2. The third kappa shape index (κ3) is 3.27. The van der Waals surface area contributed by atoms with Gasteiger partial charge in [-0.25, -0.2) is 0 Å². The van der Waals surface area contributed by atoms with Gasteiger partial charge in [-0.2, -0.15) is 0 Å². The van der Waals surface area contributed by atoms with Crippen LogP contribution in [0.25, 0.3) is 0 Å². The Morgan fingerprint density at radius 3 is 2.60 bits per heavy atom. The van der Waals surface area contributed by atoms with Gasteiger partial charge in [0.1, 0.15) is 17.2 Å². The molecule has 0 spiro atoms. The Morgan fingerprint density at radius 1 is 1.10 bits per heavy atom. The van der Waals surface area contributed by atoms with Gasteiger partial charge in [0.15, 0.2) is 0 Å². The highest BCUT2D eigenvalue weighted by atomic mass is 35.5. The van der Waals surface area contributed by atoms with Gasteiger partial charge in [-0.3, -0.25) is 0 Å². The minimum atomic E-state index is 0.222. The summed E-state index contributed by atoms with van der Waals surface area (Å²) in [6.07, 6.45) is 0. The summed E-state index contributed by atoms with van der Waals surface area (Å²) in [5.41, 5.74) is 1.60. The Labute approximate surface area is 122 Å². The summed E-state index contributed by atoms with van der Waals surface area (Å²) in [6.45, 7) is 0.466. The molecule has 106 valence electrons. The molecule has 0 aliphatic heterocycles. The molecule has 2 aromatic carbocycles. The number of hydrogen-bond acceptors (Lipinski definition) is 4. The number of aromatic hydroxyl groups is 1. The van der Waals surface area contributed by atoms with Crippen molar-refractivity contribution in [3.8, 4) is 17.2 Å². The molecule has 0 bridgehead atoms. The molecule has 0 amide bonds. The molecule has 0 aromatic heterocycles. The molecule has 0 heterocycles. The molecule has 2 rings (SSSR count). The second-order valence-electron chi connectivity index (χ2n) is 4.20. The Kier molecular flexibility index (Phi) is 4.58. The van der Waals surface area contributed by atoms with Gasteiger partial charge in [-0.15, -0.1) is 0 Å². The summed E-state index contributed by atoms with van der Waals surface area (Å²) in [4.78, 5) is 0. The molecule has 5 heteroatoms. The topological polar surface area (TPSA) is 50.7 Å². The fraction of sp³-hybridized carbons (Fsp3) is 0.200. The maximum atomic E-state index is 9.81. The number of methoxy groups -OCH3 is 2. The Hall–Kier alpha value is -2.07. The van der Waals surface area contributed by atoms with Crippen molar-refractivity contribution in [1.82, 2.24) is 0 Å². The zero-order valence-corrected chi connectivity index (χ0v) is 12.1. The molecule has 0 unspecified atom stereocenters. The number of hydrogen-bond donors (Lipinski definition) is 2. The van der Waals surface area contributed by atoms with Crippen molar-refractivity contribution in [1.29, 1.82) is 0 Å². The maximum absolute atomic E-state index is 9.81.